The Morgan fingerprint density at radius 3 is 2.58 bits per heavy atom. The van der Waals surface area contributed by atoms with Gasteiger partial charge in [-0.3, -0.25) is 4.79 Å². The number of rotatable bonds is 6. The maximum absolute atomic E-state index is 11.9. The molecule has 1 atom stereocenters. The number of phenolic OH excluding ortho intramolecular Hbond substituents is 1. The number of hydrogen-bond donors (Lipinski definition) is 3. The SMILES string of the molecule is CCCC[C@H](NC(=O)c1ccc(C)c(O)c1)C(=O)O. The Labute approximate surface area is 112 Å². The van der Waals surface area contributed by atoms with Crippen molar-refractivity contribution in [1.82, 2.24) is 5.32 Å². The van der Waals surface area contributed by atoms with E-state index in [2.05, 4.69) is 5.32 Å². The summed E-state index contributed by atoms with van der Waals surface area (Å²) in [6.45, 7) is 3.68. The van der Waals surface area contributed by atoms with Gasteiger partial charge in [0.15, 0.2) is 0 Å². The van der Waals surface area contributed by atoms with Gasteiger partial charge in [-0.05, 0) is 31.0 Å². The summed E-state index contributed by atoms with van der Waals surface area (Å²) in [5.74, 6) is -1.51. The number of aryl methyl sites for hydroxylation is 1. The summed E-state index contributed by atoms with van der Waals surface area (Å²) in [7, 11) is 0. The number of carboxylic acid groups (broad SMARTS) is 1. The van der Waals surface area contributed by atoms with Crippen molar-refractivity contribution in [2.45, 2.75) is 39.2 Å². The maximum Gasteiger partial charge on any atom is 0.326 e. The van der Waals surface area contributed by atoms with Crippen LogP contribution in [0.15, 0.2) is 18.2 Å². The number of carbonyl (C=O) groups excluding carboxylic acids is 1. The average molecular weight is 265 g/mol. The molecule has 1 aromatic carbocycles. The van der Waals surface area contributed by atoms with Crippen LogP contribution in [0.1, 0.15) is 42.1 Å². The fourth-order valence-corrected chi connectivity index (χ4v) is 1.66. The van der Waals surface area contributed by atoms with Gasteiger partial charge in [0.05, 0.1) is 0 Å². The molecule has 0 aliphatic rings. The number of aromatic hydroxyl groups is 1. The van der Waals surface area contributed by atoms with Gasteiger partial charge in [-0.15, -0.1) is 0 Å². The molecule has 0 aliphatic carbocycles. The summed E-state index contributed by atoms with van der Waals surface area (Å²) in [6.07, 6.45) is 2.00. The number of amides is 1. The molecule has 0 bridgehead atoms. The summed E-state index contributed by atoms with van der Waals surface area (Å²) in [5, 5.41) is 21.0. The molecule has 0 aromatic heterocycles. The molecule has 0 spiro atoms. The minimum atomic E-state index is -1.04. The van der Waals surface area contributed by atoms with Gasteiger partial charge in [0.2, 0.25) is 0 Å². The molecule has 1 amide bonds. The molecular weight excluding hydrogens is 246 g/mol. The highest BCUT2D eigenvalue weighted by atomic mass is 16.4. The number of aliphatic carboxylic acids is 1. The van der Waals surface area contributed by atoms with Gasteiger partial charge >= 0.3 is 5.97 Å². The molecule has 5 nitrogen and oxygen atoms in total. The van der Waals surface area contributed by atoms with Crippen LogP contribution in [0.2, 0.25) is 0 Å². The van der Waals surface area contributed by atoms with Crippen molar-refractivity contribution in [2.24, 2.45) is 0 Å². The lowest BCUT2D eigenvalue weighted by Gasteiger charge is -2.14. The Morgan fingerprint density at radius 2 is 2.05 bits per heavy atom. The first-order chi connectivity index (χ1) is 8.95. The van der Waals surface area contributed by atoms with Crippen LogP contribution in [-0.2, 0) is 4.79 Å². The Bertz CT molecular complexity index is 471. The second kappa shape index (κ2) is 6.78. The van der Waals surface area contributed by atoms with Crippen molar-refractivity contribution in [2.75, 3.05) is 0 Å². The Hall–Kier alpha value is -2.04. The summed E-state index contributed by atoms with van der Waals surface area (Å²) >= 11 is 0. The van der Waals surface area contributed by atoms with E-state index in [4.69, 9.17) is 5.11 Å². The topological polar surface area (TPSA) is 86.6 Å². The van der Waals surface area contributed by atoms with Gasteiger partial charge in [-0.2, -0.15) is 0 Å². The first-order valence-corrected chi connectivity index (χ1v) is 6.29. The average Bonchev–Trinajstić information content (AvgIpc) is 2.37. The highest BCUT2D eigenvalue weighted by molar-refractivity contribution is 5.97. The highest BCUT2D eigenvalue weighted by Gasteiger charge is 2.20. The number of nitrogens with one attached hydrogen (secondary N) is 1. The summed E-state index contributed by atoms with van der Waals surface area (Å²) in [6, 6.07) is 3.62. The fourth-order valence-electron chi connectivity index (χ4n) is 1.66. The van der Waals surface area contributed by atoms with Crippen molar-refractivity contribution in [3.05, 3.63) is 29.3 Å². The zero-order chi connectivity index (χ0) is 14.4. The largest absolute Gasteiger partial charge is 0.508 e. The maximum atomic E-state index is 11.9. The number of hydrogen-bond acceptors (Lipinski definition) is 3. The zero-order valence-corrected chi connectivity index (χ0v) is 11.1. The predicted octanol–water partition coefficient (Wildman–Crippen LogP) is 2.07. The van der Waals surface area contributed by atoms with E-state index in [-0.39, 0.29) is 11.3 Å². The van der Waals surface area contributed by atoms with Crippen LogP contribution in [0.4, 0.5) is 0 Å². The van der Waals surface area contributed by atoms with E-state index in [1.165, 1.54) is 6.07 Å². The minimum Gasteiger partial charge on any atom is -0.508 e. The molecule has 19 heavy (non-hydrogen) atoms. The molecule has 0 saturated heterocycles. The van der Waals surface area contributed by atoms with E-state index in [1.807, 2.05) is 6.92 Å². The van der Waals surface area contributed by atoms with Gasteiger partial charge in [-0.25, -0.2) is 4.79 Å². The summed E-state index contributed by atoms with van der Waals surface area (Å²) in [4.78, 5) is 22.9. The first-order valence-electron chi connectivity index (χ1n) is 6.29. The number of unbranched alkanes of at least 4 members (excludes halogenated alkanes) is 1. The minimum absolute atomic E-state index is 0.0214. The Kier molecular flexibility index (Phi) is 5.36. The molecule has 0 heterocycles. The second-order valence-corrected chi connectivity index (χ2v) is 4.51. The smallest absolute Gasteiger partial charge is 0.326 e. The Balaban J connectivity index is 2.75. The molecule has 0 fully saturated rings. The normalized spacial score (nSPS) is 11.9. The molecular formula is C14H19NO4. The third kappa shape index (κ3) is 4.28. The van der Waals surface area contributed by atoms with E-state index in [0.717, 1.165) is 12.8 Å². The molecule has 0 radical (unpaired) electrons. The quantitative estimate of drug-likeness (QED) is 0.735. The number of benzene rings is 1. The molecule has 1 rings (SSSR count). The summed E-state index contributed by atoms with van der Waals surface area (Å²) < 4.78 is 0. The number of carbonyl (C=O) groups is 2. The van der Waals surface area contributed by atoms with Crippen molar-refractivity contribution in [3.63, 3.8) is 0 Å². The van der Waals surface area contributed by atoms with Crippen LogP contribution in [0.25, 0.3) is 0 Å². The molecule has 0 aliphatic heterocycles. The van der Waals surface area contributed by atoms with Crippen LogP contribution in [0.3, 0.4) is 0 Å². The molecule has 3 N–H and O–H groups in total. The highest BCUT2D eigenvalue weighted by Crippen LogP contribution is 2.17. The number of phenols is 1. The summed E-state index contributed by atoms with van der Waals surface area (Å²) in [5.41, 5.74) is 0.920. The molecule has 5 heteroatoms. The van der Waals surface area contributed by atoms with Gasteiger partial charge in [0.25, 0.3) is 5.91 Å². The monoisotopic (exact) mass is 265 g/mol. The lowest BCUT2D eigenvalue weighted by atomic mass is 10.1. The van der Waals surface area contributed by atoms with Crippen molar-refractivity contribution < 1.29 is 19.8 Å². The third-order valence-electron chi connectivity index (χ3n) is 2.92. The lowest BCUT2D eigenvalue weighted by molar-refractivity contribution is -0.139. The lowest BCUT2D eigenvalue weighted by Crippen LogP contribution is -2.40. The van der Waals surface area contributed by atoms with Crippen LogP contribution >= 0.6 is 0 Å². The predicted molar refractivity (Wildman–Crippen MR) is 71.3 cm³/mol. The van der Waals surface area contributed by atoms with Crippen LogP contribution in [0, 0.1) is 6.92 Å². The molecule has 0 saturated carbocycles. The zero-order valence-electron chi connectivity index (χ0n) is 11.1. The van der Waals surface area contributed by atoms with Crippen LogP contribution in [-0.4, -0.2) is 28.1 Å². The van der Waals surface area contributed by atoms with E-state index >= 15 is 0 Å². The van der Waals surface area contributed by atoms with Crippen molar-refractivity contribution in [3.8, 4) is 5.75 Å². The molecule has 1 aromatic rings. The standard InChI is InChI=1S/C14H19NO4/c1-3-4-5-11(14(18)19)15-13(17)10-7-6-9(2)12(16)8-10/h6-8,11,16H,3-5H2,1-2H3,(H,15,17)(H,18,19)/t11-/m0/s1. The van der Waals surface area contributed by atoms with Crippen LogP contribution in [0.5, 0.6) is 5.75 Å². The van der Waals surface area contributed by atoms with Crippen molar-refractivity contribution >= 4 is 11.9 Å². The van der Waals surface area contributed by atoms with E-state index in [0.29, 0.717) is 12.0 Å². The molecule has 0 unspecified atom stereocenters. The Morgan fingerprint density at radius 1 is 1.37 bits per heavy atom. The van der Waals surface area contributed by atoms with E-state index < -0.39 is 17.9 Å². The van der Waals surface area contributed by atoms with Gasteiger partial charge in [0.1, 0.15) is 11.8 Å². The first kappa shape index (κ1) is 15.0. The fraction of sp³-hybridized carbons (Fsp3) is 0.429. The van der Waals surface area contributed by atoms with Gasteiger partial charge in [-0.1, -0.05) is 25.8 Å². The van der Waals surface area contributed by atoms with Crippen molar-refractivity contribution in [1.29, 1.82) is 0 Å². The third-order valence-corrected chi connectivity index (χ3v) is 2.92. The van der Waals surface area contributed by atoms with Gasteiger partial charge < -0.3 is 15.5 Å². The van der Waals surface area contributed by atoms with Gasteiger partial charge in [0, 0.05) is 5.56 Å². The van der Waals surface area contributed by atoms with E-state index in [1.54, 1.807) is 19.1 Å². The second-order valence-electron chi connectivity index (χ2n) is 4.51. The molecule has 104 valence electrons. The van der Waals surface area contributed by atoms with Crippen LogP contribution < -0.4 is 5.32 Å². The van der Waals surface area contributed by atoms with E-state index in [9.17, 15) is 14.7 Å². The number of carboxylic acids is 1.